The number of amides is 1. The first-order chi connectivity index (χ1) is 8.16. The number of carbonyl (C=O) groups excluding carboxylic acids is 1. The predicted octanol–water partition coefficient (Wildman–Crippen LogP) is 1.76. The van der Waals surface area contributed by atoms with Gasteiger partial charge in [-0.25, -0.2) is 0 Å². The van der Waals surface area contributed by atoms with E-state index in [-0.39, 0.29) is 12.0 Å². The standard InChI is InChI=1S/C14H24N2O/c1-16(13(9-2-3-9)10-4-5-10)14(17)11-6-7-12(15)8-11/h9-13H,2-8,15H2,1H3. The molecule has 2 unspecified atom stereocenters. The lowest BCUT2D eigenvalue weighted by atomic mass is 10.0. The van der Waals surface area contributed by atoms with Crippen LogP contribution >= 0.6 is 0 Å². The first-order valence-corrected chi connectivity index (χ1v) is 7.19. The molecule has 3 fully saturated rings. The Hall–Kier alpha value is -0.570. The van der Waals surface area contributed by atoms with Crippen molar-refractivity contribution in [3.05, 3.63) is 0 Å². The minimum Gasteiger partial charge on any atom is -0.342 e. The van der Waals surface area contributed by atoms with E-state index in [4.69, 9.17) is 5.73 Å². The number of rotatable bonds is 4. The Balaban J connectivity index is 1.63. The predicted molar refractivity (Wildman–Crippen MR) is 67.3 cm³/mol. The van der Waals surface area contributed by atoms with Gasteiger partial charge in [0, 0.05) is 25.0 Å². The van der Waals surface area contributed by atoms with E-state index in [9.17, 15) is 4.79 Å². The second kappa shape index (κ2) is 4.27. The van der Waals surface area contributed by atoms with Crippen molar-refractivity contribution < 1.29 is 4.79 Å². The van der Waals surface area contributed by atoms with E-state index < -0.39 is 0 Å². The van der Waals surface area contributed by atoms with Crippen molar-refractivity contribution in [2.75, 3.05) is 7.05 Å². The van der Waals surface area contributed by atoms with Gasteiger partial charge in [0.15, 0.2) is 0 Å². The summed E-state index contributed by atoms with van der Waals surface area (Å²) in [4.78, 5) is 14.6. The number of carbonyl (C=O) groups is 1. The minimum absolute atomic E-state index is 0.218. The van der Waals surface area contributed by atoms with Gasteiger partial charge < -0.3 is 10.6 Å². The lowest BCUT2D eigenvalue weighted by Crippen LogP contribution is -2.43. The van der Waals surface area contributed by atoms with Crippen LogP contribution in [0.1, 0.15) is 44.9 Å². The van der Waals surface area contributed by atoms with Crippen LogP contribution in [0.2, 0.25) is 0 Å². The SMILES string of the molecule is CN(C(=O)C1CCC(N)C1)C(C1CC1)C1CC1. The Morgan fingerprint density at radius 1 is 1.12 bits per heavy atom. The van der Waals surface area contributed by atoms with Gasteiger partial charge in [-0.3, -0.25) is 4.79 Å². The normalized spacial score (nSPS) is 33.1. The van der Waals surface area contributed by atoms with Gasteiger partial charge in [0.25, 0.3) is 0 Å². The molecule has 0 aromatic carbocycles. The molecule has 17 heavy (non-hydrogen) atoms. The van der Waals surface area contributed by atoms with Crippen LogP contribution in [0.15, 0.2) is 0 Å². The molecule has 3 aliphatic rings. The molecule has 0 heterocycles. The summed E-state index contributed by atoms with van der Waals surface area (Å²) in [6.07, 6.45) is 8.29. The molecule has 0 aliphatic heterocycles. The van der Waals surface area contributed by atoms with E-state index in [1.165, 1.54) is 25.7 Å². The summed E-state index contributed by atoms with van der Waals surface area (Å²) in [6, 6.07) is 0.817. The third-order valence-corrected chi connectivity index (χ3v) is 4.83. The fourth-order valence-corrected chi connectivity index (χ4v) is 3.57. The second-order valence-electron chi connectivity index (χ2n) is 6.38. The Bertz CT molecular complexity index is 297. The fraction of sp³-hybridized carbons (Fsp3) is 0.929. The average molecular weight is 236 g/mol. The van der Waals surface area contributed by atoms with E-state index >= 15 is 0 Å². The largest absolute Gasteiger partial charge is 0.342 e. The van der Waals surface area contributed by atoms with E-state index in [2.05, 4.69) is 4.90 Å². The fourth-order valence-electron chi connectivity index (χ4n) is 3.57. The lowest BCUT2D eigenvalue weighted by Gasteiger charge is -2.30. The smallest absolute Gasteiger partial charge is 0.225 e. The molecule has 2 N–H and O–H groups in total. The van der Waals surface area contributed by atoms with Crippen LogP contribution in [-0.2, 0) is 4.79 Å². The minimum atomic E-state index is 0.218. The van der Waals surface area contributed by atoms with E-state index in [0.29, 0.717) is 11.9 Å². The van der Waals surface area contributed by atoms with Crippen molar-refractivity contribution in [3.8, 4) is 0 Å². The molecule has 3 aliphatic carbocycles. The average Bonchev–Trinajstić information content (AvgIpc) is 3.21. The maximum absolute atomic E-state index is 12.5. The zero-order valence-electron chi connectivity index (χ0n) is 10.8. The van der Waals surface area contributed by atoms with Gasteiger partial charge in [-0.05, 0) is 56.8 Å². The van der Waals surface area contributed by atoms with Gasteiger partial charge in [0.1, 0.15) is 0 Å². The van der Waals surface area contributed by atoms with Gasteiger partial charge in [-0.1, -0.05) is 0 Å². The van der Waals surface area contributed by atoms with Crippen LogP contribution < -0.4 is 5.73 Å². The summed E-state index contributed by atoms with van der Waals surface area (Å²) in [6.45, 7) is 0. The van der Waals surface area contributed by atoms with Crippen molar-refractivity contribution in [2.24, 2.45) is 23.5 Å². The van der Waals surface area contributed by atoms with Crippen molar-refractivity contribution in [1.82, 2.24) is 4.90 Å². The number of nitrogens with two attached hydrogens (primary N) is 1. The van der Waals surface area contributed by atoms with Crippen molar-refractivity contribution in [3.63, 3.8) is 0 Å². The molecule has 0 radical (unpaired) electrons. The molecule has 0 aromatic rings. The molecule has 3 heteroatoms. The highest BCUT2D eigenvalue weighted by Gasteiger charge is 2.46. The molecule has 0 saturated heterocycles. The first kappa shape index (κ1) is 11.5. The summed E-state index contributed by atoms with van der Waals surface area (Å²) in [7, 11) is 2.04. The van der Waals surface area contributed by atoms with Crippen molar-refractivity contribution in [2.45, 2.75) is 57.0 Å². The van der Waals surface area contributed by atoms with Gasteiger partial charge in [-0.15, -0.1) is 0 Å². The van der Waals surface area contributed by atoms with Crippen LogP contribution in [0.3, 0.4) is 0 Å². The zero-order valence-corrected chi connectivity index (χ0v) is 10.8. The van der Waals surface area contributed by atoms with Crippen LogP contribution in [0, 0.1) is 17.8 Å². The van der Waals surface area contributed by atoms with Crippen molar-refractivity contribution in [1.29, 1.82) is 0 Å². The first-order valence-electron chi connectivity index (χ1n) is 7.19. The van der Waals surface area contributed by atoms with E-state index in [1.807, 2.05) is 7.05 Å². The van der Waals surface area contributed by atoms with Gasteiger partial charge >= 0.3 is 0 Å². The van der Waals surface area contributed by atoms with Gasteiger partial charge in [0.05, 0.1) is 0 Å². The highest BCUT2D eigenvalue weighted by molar-refractivity contribution is 5.79. The molecule has 3 nitrogen and oxygen atoms in total. The number of hydrogen-bond donors (Lipinski definition) is 1. The maximum atomic E-state index is 12.5. The van der Waals surface area contributed by atoms with E-state index in [1.54, 1.807) is 0 Å². The molecular formula is C14H24N2O. The molecule has 0 aromatic heterocycles. The third kappa shape index (κ3) is 2.35. The van der Waals surface area contributed by atoms with E-state index in [0.717, 1.165) is 31.1 Å². The van der Waals surface area contributed by atoms with Crippen LogP contribution in [0.25, 0.3) is 0 Å². The number of nitrogens with zero attached hydrogens (tertiary/aromatic N) is 1. The molecule has 0 bridgehead atoms. The summed E-state index contributed by atoms with van der Waals surface area (Å²) in [5.74, 6) is 2.22. The molecule has 2 atom stereocenters. The summed E-state index contributed by atoms with van der Waals surface area (Å²) < 4.78 is 0. The van der Waals surface area contributed by atoms with Crippen molar-refractivity contribution >= 4 is 5.91 Å². The Morgan fingerprint density at radius 2 is 1.71 bits per heavy atom. The Labute approximate surface area is 104 Å². The zero-order chi connectivity index (χ0) is 12.0. The summed E-state index contributed by atoms with van der Waals surface area (Å²) in [5, 5.41) is 0. The van der Waals surface area contributed by atoms with Gasteiger partial charge in [0.2, 0.25) is 5.91 Å². The van der Waals surface area contributed by atoms with Crippen LogP contribution in [-0.4, -0.2) is 29.9 Å². The molecule has 1 amide bonds. The molecular weight excluding hydrogens is 212 g/mol. The second-order valence-corrected chi connectivity index (χ2v) is 6.38. The molecule has 3 saturated carbocycles. The lowest BCUT2D eigenvalue weighted by molar-refractivity contribution is -0.137. The molecule has 3 rings (SSSR count). The number of hydrogen-bond acceptors (Lipinski definition) is 2. The molecule has 0 spiro atoms. The summed E-state index contributed by atoms with van der Waals surface area (Å²) in [5.41, 5.74) is 5.91. The van der Waals surface area contributed by atoms with Crippen LogP contribution in [0.5, 0.6) is 0 Å². The topological polar surface area (TPSA) is 46.3 Å². The van der Waals surface area contributed by atoms with Gasteiger partial charge in [-0.2, -0.15) is 0 Å². The van der Waals surface area contributed by atoms with Crippen LogP contribution in [0.4, 0.5) is 0 Å². The molecule has 96 valence electrons. The maximum Gasteiger partial charge on any atom is 0.225 e. The quantitative estimate of drug-likeness (QED) is 0.808. The highest BCUT2D eigenvalue weighted by Crippen LogP contribution is 2.47. The Morgan fingerprint density at radius 3 is 2.12 bits per heavy atom. The highest BCUT2D eigenvalue weighted by atomic mass is 16.2. The Kier molecular flexibility index (Phi) is 2.89. The third-order valence-electron chi connectivity index (χ3n) is 4.83. The summed E-state index contributed by atoms with van der Waals surface area (Å²) >= 11 is 0. The monoisotopic (exact) mass is 236 g/mol.